The zero-order valence-corrected chi connectivity index (χ0v) is 8.19. The Balaban J connectivity index is 2.64. The van der Waals surface area contributed by atoms with Gasteiger partial charge >= 0.3 is 0 Å². The van der Waals surface area contributed by atoms with Gasteiger partial charge in [0.25, 0.3) is 0 Å². The maximum absolute atomic E-state index is 3.74. The lowest BCUT2D eigenvalue weighted by atomic mass is 10.3. The molecular weight excluding hydrogens is 164 g/mol. The quantitative estimate of drug-likeness (QED) is 0.683. The van der Waals surface area contributed by atoms with Gasteiger partial charge in [-0.1, -0.05) is 13.8 Å². The minimum absolute atomic E-state index is 0.943. The second kappa shape index (κ2) is 5.45. The van der Waals surface area contributed by atoms with Crippen LogP contribution in [0.1, 0.15) is 26.7 Å². The summed E-state index contributed by atoms with van der Waals surface area (Å²) in [7, 11) is 0. The number of anilines is 1. The molecule has 0 aliphatic carbocycles. The maximum atomic E-state index is 3.74. The summed E-state index contributed by atoms with van der Waals surface area (Å²) in [6.07, 6.45) is 6.79. The van der Waals surface area contributed by atoms with Crippen molar-refractivity contribution < 1.29 is 0 Å². The first-order chi connectivity index (χ1) is 6.38. The average Bonchev–Trinajstić information content (AvgIpc) is 2.19. The summed E-state index contributed by atoms with van der Waals surface area (Å²) in [6, 6.07) is 0. The van der Waals surface area contributed by atoms with Crippen LogP contribution >= 0.6 is 0 Å². The minimum atomic E-state index is 0.943. The molecule has 0 spiro atoms. The molecule has 0 aliphatic rings. The van der Waals surface area contributed by atoms with E-state index < -0.39 is 0 Å². The summed E-state index contributed by atoms with van der Waals surface area (Å²) < 4.78 is 0. The maximum Gasteiger partial charge on any atom is 0.142 e. The van der Waals surface area contributed by atoms with Gasteiger partial charge in [-0.25, -0.2) is 0 Å². The lowest BCUT2D eigenvalue weighted by Crippen LogP contribution is -2.25. The zero-order chi connectivity index (χ0) is 9.52. The van der Waals surface area contributed by atoms with Crippen molar-refractivity contribution in [1.29, 1.82) is 0 Å². The van der Waals surface area contributed by atoms with E-state index in [9.17, 15) is 0 Å². The molecule has 0 aliphatic heterocycles. The fourth-order valence-corrected chi connectivity index (χ4v) is 1.25. The normalized spacial score (nSPS) is 10.0. The van der Waals surface area contributed by atoms with Crippen LogP contribution in [0.2, 0.25) is 0 Å². The third-order valence-corrected chi connectivity index (χ3v) is 1.77. The molecule has 1 heterocycles. The van der Waals surface area contributed by atoms with Crippen LogP contribution in [0.4, 0.5) is 5.69 Å². The number of hydrogen-bond donors (Lipinski definition) is 0. The molecule has 1 aromatic heterocycles. The van der Waals surface area contributed by atoms with Gasteiger partial charge in [0.05, 0.1) is 11.9 Å². The van der Waals surface area contributed by atoms with Crippen molar-refractivity contribution in [3.63, 3.8) is 0 Å². The highest BCUT2D eigenvalue weighted by Crippen LogP contribution is 2.09. The van der Waals surface area contributed by atoms with E-state index in [1.165, 1.54) is 0 Å². The molecule has 1 radical (unpaired) electrons. The monoisotopic (exact) mass is 179 g/mol. The summed E-state index contributed by atoms with van der Waals surface area (Å²) in [5.41, 5.74) is 0.943. The van der Waals surface area contributed by atoms with Crippen LogP contribution in [0.3, 0.4) is 0 Å². The molecule has 0 aromatic carbocycles. The van der Waals surface area contributed by atoms with Crippen molar-refractivity contribution in [3.05, 3.63) is 12.4 Å². The highest BCUT2D eigenvalue weighted by molar-refractivity contribution is 5.39. The Labute approximate surface area is 79.0 Å². The van der Waals surface area contributed by atoms with Crippen LogP contribution in [-0.2, 0) is 0 Å². The van der Waals surface area contributed by atoms with Gasteiger partial charge in [0, 0.05) is 13.1 Å². The molecule has 0 saturated heterocycles. The van der Waals surface area contributed by atoms with Crippen molar-refractivity contribution in [2.45, 2.75) is 26.7 Å². The molecule has 0 bridgehead atoms. The predicted octanol–water partition coefficient (Wildman–Crippen LogP) is 1.30. The van der Waals surface area contributed by atoms with Gasteiger partial charge in [0.1, 0.15) is 6.20 Å². The van der Waals surface area contributed by atoms with E-state index in [2.05, 4.69) is 40.4 Å². The molecule has 4 nitrogen and oxygen atoms in total. The van der Waals surface area contributed by atoms with Gasteiger partial charge in [-0.3, -0.25) is 0 Å². The van der Waals surface area contributed by atoms with Gasteiger partial charge in [0.15, 0.2) is 0 Å². The first-order valence-electron chi connectivity index (χ1n) is 4.69. The van der Waals surface area contributed by atoms with E-state index in [4.69, 9.17) is 0 Å². The van der Waals surface area contributed by atoms with Crippen molar-refractivity contribution >= 4 is 5.69 Å². The average molecular weight is 179 g/mol. The second-order valence-electron chi connectivity index (χ2n) is 2.92. The van der Waals surface area contributed by atoms with Crippen LogP contribution in [-0.4, -0.2) is 28.5 Å². The van der Waals surface area contributed by atoms with Crippen molar-refractivity contribution in [2.24, 2.45) is 0 Å². The van der Waals surface area contributed by atoms with Crippen LogP contribution < -0.4 is 4.90 Å². The Hall–Kier alpha value is -1.19. The topological polar surface area (TPSA) is 41.9 Å². The van der Waals surface area contributed by atoms with Gasteiger partial charge < -0.3 is 4.90 Å². The lowest BCUT2D eigenvalue weighted by Gasteiger charge is -2.21. The molecule has 0 amide bonds. The van der Waals surface area contributed by atoms with E-state index in [-0.39, 0.29) is 0 Å². The van der Waals surface area contributed by atoms with Crippen molar-refractivity contribution in [1.82, 2.24) is 15.4 Å². The Kier molecular flexibility index (Phi) is 4.15. The highest BCUT2D eigenvalue weighted by Gasteiger charge is 2.04. The van der Waals surface area contributed by atoms with Crippen LogP contribution in [0.15, 0.2) is 6.20 Å². The molecule has 71 valence electrons. The van der Waals surface area contributed by atoms with Crippen LogP contribution in [0.5, 0.6) is 0 Å². The molecule has 1 rings (SSSR count). The van der Waals surface area contributed by atoms with Gasteiger partial charge in [0.2, 0.25) is 0 Å². The Morgan fingerprint density at radius 1 is 1.31 bits per heavy atom. The number of hydrogen-bond acceptors (Lipinski definition) is 4. The van der Waals surface area contributed by atoms with E-state index in [1.807, 2.05) is 0 Å². The molecule has 0 N–H and O–H groups in total. The van der Waals surface area contributed by atoms with Gasteiger partial charge in [-0.15, -0.1) is 10.2 Å². The number of aromatic nitrogens is 3. The first kappa shape index (κ1) is 9.89. The Bertz CT molecular complexity index is 218. The molecule has 4 heteroatoms. The summed E-state index contributed by atoms with van der Waals surface area (Å²) in [6.45, 7) is 6.37. The fraction of sp³-hybridized carbons (Fsp3) is 0.667. The molecule has 0 unspecified atom stereocenters. The second-order valence-corrected chi connectivity index (χ2v) is 2.92. The van der Waals surface area contributed by atoms with E-state index in [1.54, 1.807) is 6.20 Å². The van der Waals surface area contributed by atoms with Crippen molar-refractivity contribution in [3.8, 4) is 0 Å². The lowest BCUT2D eigenvalue weighted by molar-refractivity contribution is 0.730. The van der Waals surface area contributed by atoms with E-state index >= 15 is 0 Å². The fourth-order valence-electron chi connectivity index (χ4n) is 1.25. The highest BCUT2D eigenvalue weighted by atomic mass is 15.3. The summed E-state index contributed by atoms with van der Waals surface area (Å²) in [5, 5.41) is 10.8. The standard InChI is InChI=1S/C9H15N4/c1-3-5-13(6-4-2)9-7-10-12-11-8-9/h7H,3-6H2,1-2H3. The predicted molar refractivity (Wildman–Crippen MR) is 51.5 cm³/mol. The zero-order valence-electron chi connectivity index (χ0n) is 8.19. The minimum Gasteiger partial charge on any atom is -0.368 e. The third-order valence-electron chi connectivity index (χ3n) is 1.77. The van der Waals surface area contributed by atoms with Gasteiger partial charge in [-0.05, 0) is 18.1 Å². The summed E-state index contributed by atoms with van der Waals surface area (Å²) >= 11 is 0. The smallest absolute Gasteiger partial charge is 0.142 e. The van der Waals surface area contributed by atoms with Gasteiger partial charge in [-0.2, -0.15) is 0 Å². The number of rotatable bonds is 5. The third kappa shape index (κ3) is 2.97. The Morgan fingerprint density at radius 3 is 2.46 bits per heavy atom. The van der Waals surface area contributed by atoms with E-state index in [0.29, 0.717) is 0 Å². The molecule has 13 heavy (non-hydrogen) atoms. The Morgan fingerprint density at radius 2 is 2.00 bits per heavy atom. The summed E-state index contributed by atoms with van der Waals surface area (Å²) in [4.78, 5) is 2.22. The van der Waals surface area contributed by atoms with Crippen LogP contribution in [0.25, 0.3) is 0 Å². The molecular formula is C9H15N4. The molecule has 0 saturated carbocycles. The SMILES string of the molecule is CCCN(CCC)c1[c]nnnc1. The van der Waals surface area contributed by atoms with E-state index in [0.717, 1.165) is 31.6 Å². The molecule has 1 aromatic rings. The van der Waals surface area contributed by atoms with Crippen molar-refractivity contribution in [2.75, 3.05) is 18.0 Å². The molecule has 0 fully saturated rings. The number of nitrogens with zero attached hydrogens (tertiary/aromatic N) is 4. The molecule has 0 atom stereocenters. The summed E-state index contributed by atoms with van der Waals surface area (Å²) in [5.74, 6) is 0. The first-order valence-corrected chi connectivity index (χ1v) is 4.69. The largest absolute Gasteiger partial charge is 0.368 e. The van der Waals surface area contributed by atoms with Crippen LogP contribution in [0, 0.1) is 6.20 Å².